The van der Waals surface area contributed by atoms with E-state index >= 15 is 0 Å². The minimum atomic E-state index is -1.01. The van der Waals surface area contributed by atoms with Crippen LogP contribution < -0.4 is 11.1 Å². The van der Waals surface area contributed by atoms with Gasteiger partial charge < -0.3 is 11.1 Å². The molecule has 0 aliphatic heterocycles. The number of hydrogen-bond acceptors (Lipinski definition) is 4. The van der Waals surface area contributed by atoms with E-state index < -0.39 is 16.9 Å². The van der Waals surface area contributed by atoms with E-state index in [9.17, 15) is 19.7 Å². The number of benzene rings is 2. The van der Waals surface area contributed by atoms with Gasteiger partial charge in [-0.2, -0.15) is 0 Å². The zero-order valence-electron chi connectivity index (χ0n) is 12.8. The first kappa shape index (κ1) is 17.1. The second kappa shape index (κ2) is 7.87. The monoisotopic (exact) mass is 327 g/mol. The van der Waals surface area contributed by atoms with Crippen LogP contribution in [0.15, 0.2) is 54.6 Å². The Bertz CT molecular complexity index is 747. The number of hydrogen-bond donors (Lipinski definition) is 2. The van der Waals surface area contributed by atoms with Crippen molar-refractivity contribution in [2.45, 2.75) is 18.9 Å². The van der Waals surface area contributed by atoms with Crippen molar-refractivity contribution in [2.24, 2.45) is 5.73 Å². The van der Waals surface area contributed by atoms with E-state index in [0.717, 1.165) is 5.56 Å². The fraction of sp³-hybridized carbons (Fsp3) is 0.176. The Kier molecular flexibility index (Phi) is 5.62. The van der Waals surface area contributed by atoms with Crippen molar-refractivity contribution in [1.29, 1.82) is 0 Å². The van der Waals surface area contributed by atoms with Crippen LogP contribution in [-0.4, -0.2) is 22.8 Å². The molecule has 2 amide bonds. The molecule has 3 N–H and O–H groups in total. The number of carbonyl (C=O) groups excluding carboxylic acids is 2. The summed E-state index contributed by atoms with van der Waals surface area (Å²) in [4.78, 5) is 34.2. The molecule has 1 atom stereocenters. The minimum Gasteiger partial charge on any atom is -0.368 e. The molecule has 7 heteroatoms. The Morgan fingerprint density at radius 3 is 2.33 bits per heavy atom. The maximum absolute atomic E-state index is 12.1. The molecule has 0 aliphatic rings. The van der Waals surface area contributed by atoms with E-state index in [1.807, 2.05) is 18.2 Å². The third-order valence-corrected chi connectivity index (χ3v) is 3.50. The Balaban J connectivity index is 2.09. The second-order valence-corrected chi connectivity index (χ2v) is 5.27. The fourth-order valence-electron chi connectivity index (χ4n) is 2.33. The number of carbonyl (C=O) groups is 2. The summed E-state index contributed by atoms with van der Waals surface area (Å²) in [6, 6.07) is 14.1. The molecule has 0 radical (unpaired) electrons. The Morgan fingerprint density at radius 2 is 1.71 bits per heavy atom. The molecule has 0 fully saturated rings. The van der Waals surface area contributed by atoms with Crippen molar-refractivity contribution < 1.29 is 14.5 Å². The van der Waals surface area contributed by atoms with Gasteiger partial charge >= 0.3 is 0 Å². The van der Waals surface area contributed by atoms with Crippen LogP contribution in [0.3, 0.4) is 0 Å². The van der Waals surface area contributed by atoms with E-state index in [4.69, 9.17) is 5.73 Å². The molecule has 0 heterocycles. The number of para-hydroxylation sites is 1. The minimum absolute atomic E-state index is 0.0347. The predicted molar refractivity (Wildman–Crippen MR) is 88.1 cm³/mol. The lowest BCUT2D eigenvalue weighted by Gasteiger charge is -2.15. The number of primary amides is 1. The maximum Gasteiger partial charge on any atom is 0.272 e. The summed E-state index contributed by atoms with van der Waals surface area (Å²) in [5.74, 6) is -1.11. The number of amides is 2. The highest BCUT2D eigenvalue weighted by Crippen LogP contribution is 2.19. The summed E-state index contributed by atoms with van der Waals surface area (Å²) < 4.78 is 0. The van der Waals surface area contributed by atoms with Crippen molar-refractivity contribution in [1.82, 2.24) is 5.32 Å². The molecule has 2 rings (SSSR count). The molecule has 2 aromatic carbocycles. The normalized spacial score (nSPS) is 11.5. The lowest BCUT2D eigenvalue weighted by Crippen LogP contribution is -2.46. The van der Waals surface area contributed by atoms with Crippen LogP contribution in [0.4, 0.5) is 5.69 Å². The van der Waals surface area contributed by atoms with E-state index in [1.165, 1.54) is 18.2 Å². The smallest absolute Gasteiger partial charge is 0.272 e. The predicted octanol–water partition coefficient (Wildman–Crippen LogP) is 1.35. The molecule has 0 saturated carbocycles. The molecule has 0 bridgehead atoms. The van der Waals surface area contributed by atoms with Crippen molar-refractivity contribution in [3.8, 4) is 0 Å². The van der Waals surface area contributed by atoms with Crippen LogP contribution in [0, 0.1) is 10.1 Å². The fourth-order valence-corrected chi connectivity index (χ4v) is 2.33. The highest BCUT2D eigenvalue weighted by atomic mass is 16.6. The van der Waals surface area contributed by atoms with Gasteiger partial charge in [-0.15, -0.1) is 0 Å². The molecule has 7 nitrogen and oxygen atoms in total. The van der Waals surface area contributed by atoms with Crippen molar-refractivity contribution in [2.75, 3.05) is 0 Å². The summed E-state index contributed by atoms with van der Waals surface area (Å²) in [5, 5.41) is 13.6. The molecule has 0 spiro atoms. The zero-order chi connectivity index (χ0) is 17.5. The van der Waals surface area contributed by atoms with E-state index in [2.05, 4.69) is 5.32 Å². The number of nitro groups is 1. The van der Waals surface area contributed by atoms with Crippen molar-refractivity contribution >= 4 is 17.5 Å². The molecule has 124 valence electrons. The average Bonchev–Trinajstić information content (AvgIpc) is 2.55. The van der Waals surface area contributed by atoms with Crippen molar-refractivity contribution in [3.63, 3.8) is 0 Å². The first-order valence-corrected chi connectivity index (χ1v) is 7.32. The topological polar surface area (TPSA) is 115 Å². The second-order valence-electron chi connectivity index (χ2n) is 5.27. The van der Waals surface area contributed by atoms with Crippen molar-refractivity contribution in [3.05, 3.63) is 75.8 Å². The molecule has 0 unspecified atom stereocenters. The number of nitrogens with two attached hydrogens (primary N) is 1. The van der Waals surface area contributed by atoms with Gasteiger partial charge in [0.1, 0.15) is 6.04 Å². The Labute approximate surface area is 138 Å². The number of nitrogens with one attached hydrogen (secondary N) is 1. The van der Waals surface area contributed by atoms with Crippen LogP contribution >= 0.6 is 0 Å². The summed E-state index contributed by atoms with van der Waals surface area (Å²) in [6.45, 7) is 0. The van der Waals surface area contributed by atoms with Crippen LogP contribution in [-0.2, 0) is 22.4 Å². The number of rotatable bonds is 7. The molecular formula is C17H17N3O4. The highest BCUT2D eigenvalue weighted by molar-refractivity contribution is 5.87. The molecule has 0 saturated heterocycles. The quantitative estimate of drug-likeness (QED) is 0.590. The zero-order valence-corrected chi connectivity index (χ0v) is 12.8. The van der Waals surface area contributed by atoms with Gasteiger partial charge in [0.25, 0.3) is 5.69 Å². The summed E-state index contributed by atoms with van der Waals surface area (Å²) >= 11 is 0. The number of nitrogens with zero attached hydrogens (tertiary/aromatic N) is 1. The van der Waals surface area contributed by atoms with Crippen LogP contribution in [0.25, 0.3) is 0 Å². The third kappa shape index (κ3) is 4.64. The lowest BCUT2D eigenvalue weighted by molar-refractivity contribution is -0.385. The first-order valence-electron chi connectivity index (χ1n) is 7.32. The Hall–Kier alpha value is -3.22. The van der Waals surface area contributed by atoms with Crippen LogP contribution in [0.1, 0.15) is 11.1 Å². The highest BCUT2D eigenvalue weighted by Gasteiger charge is 2.23. The molecule has 0 aliphatic carbocycles. The van der Waals surface area contributed by atoms with Gasteiger partial charge in [0, 0.05) is 18.1 Å². The van der Waals surface area contributed by atoms with Gasteiger partial charge in [0.15, 0.2) is 0 Å². The van der Waals surface area contributed by atoms with E-state index in [1.54, 1.807) is 18.2 Å². The average molecular weight is 327 g/mol. The molecule has 0 aromatic heterocycles. The third-order valence-electron chi connectivity index (χ3n) is 3.50. The molecular weight excluding hydrogens is 310 g/mol. The van der Waals surface area contributed by atoms with Gasteiger partial charge in [-0.25, -0.2) is 0 Å². The lowest BCUT2D eigenvalue weighted by atomic mass is 10.0. The van der Waals surface area contributed by atoms with E-state index in [-0.39, 0.29) is 24.4 Å². The first-order chi connectivity index (χ1) is 11.5. The number of nitro benzene ring substituents is 1. The Morgan fingerprint density at radius 1 is 1.08 bits per heavy atom. The standard InChI is InChI=1S/C17H17N3O4/c18-17(22)14(11-13-8-4-5-9-15(13)20(23)24)19-16(21)10-12-6-2-1-3-7-12/h1-9,14H,10-11H2,(H2,18,22)(H,19,21)/t14-/m0/s1. The van der Waals surface area contributed by atoms with E-state index in [0.29, 0.717) is 5.56 Å². The van der Waals surface area contributed by atoms with Gasteiger partial charge in [0.2, 0.25) is 11.8 Å². The van der Waals surface area contributed by atoms with Gasteiger partial charge in [0.05, 0.1) is 11.3 Å². The van der Waals surface area contributed by atoms with Gasteiger partial charge in [-0.1, -0.05) is 48.5 Å². The van der Waals surface area contributed by atoms with Gasteiger partial charge in [-0.05, 0) is 5.56 Å². The maximum atomic E-state index is 12.1. The van der Waals surface area contributed by atoms with Gasteiger partial charge in [-0.3, -0.25) is 19.7 Å². The van der Waals surface area contributed by atoms with Crippen LogP contribution in [0.5, 0.6) is 0 Å². The van der Waals surface area contributed by atoms with Crippen LogP contribution in [0.2, 0.25) is 0 Å². The summed E-state index contributed by atoms with van der Waals surface area (Å²) in [6.07, 6.45) is 0.0640. The molecule has 2 aromatic rings. The molecule has 24 heavy (non-hydrogen) atoms. The SMILES string of the molecule is NC(=O)[C@H](Cc1ccccc1[N+](=O)[O-])NC(=O)Cc1ccccc1. The largest absolute Gasteiger partial charge is 0.368 e. The summed E-state index contributed by atoms with van der Waals surface area (Å²) in [7, 11) is 0. The summed E-state index contributed by atoms with van der Waals surface area (Å²) in [5.41, 5.74) is 6.35.